The third kappa shape index (κ3) is 5.36. The van der Waals surface area contributed by atoms with Gasteiger partial charge in [-0.15, -0.1) is 11.3 Å². The zero-order chi connectivity index (χ0) is 24.8. The molecular weight excluding hydrogens is 464 g/mol. The third-order valence-electron chi connectivity index (χ3n) is 5.41. The molecule has 0 unspecified atom stereocenters. The van der Waals surface area contributed by atoms with E-state index in [1.165, 1.54) is 16.2 Å². The molecule has 2 heterocycles. The fourth-order valence-corrected chi connectivity index (χ4v) is 4.30. The van der Waals surface area contributed by atoms with Crippen molar-refractivity contribution in [3.63, 3.8) is 0 Å². The summed E-state index contributed by atoms with van der Waals surface area (Å²) in [6, 6.07) is 18.7. The summed E-state index contributed by atoms with van der Waals surface area (Å²) in [5, 5.41) is 4.72. The summed E-state index contributed by atoms with van der Waals surface area (Å²) < 4.78 is 12.6. The number of imidazole rings is 1. The molecule has 4 rings (SSSR count). The van der Waals surface area contributed by atoms with Crippen molar-refractivity contribution in [3.05, 3.63) is 77.1 Å². The van der Waals surface area contributed by atoms with E-state index >= 15 is 0 Å². The number of carbonyl (C=O) groups is 2. The predicted octanol–water partition coefficient (Wildman–Crippen LogP) is 4.72. The van der Waals surface area contributed by atoms with Crippen LogP contribution in [-0.2, 0) is 4.79 Å². The van der Waals surface area contributed by atoms with Crippen molar-refractivity contribution in [2.75, 3.05) is 32.6 Å². The Morgan fingerprint density at radius 1 is 1.03 bits per heavy atom. The van der Waals surface area contributed by atoms with Gasteiger partial charge in [-0.05, 0) is 30.5 Å². The molecule has 0 atom stereocenters. The number of rotatable bonds is 9. The molecule has 0 radical (unpaired) electrons. The van der Waals surface area contributed by atoms with Crippen molar-refractivity contribution in [1.82, 2.24) is 14.5 Å². The van der Waals surface area contributed by atoms with Crippen molar-refractivity contribution < 1.29 is 19.1 Å². The number of nitrogens with one attached hydrogen (secondary N) is 1. The Bertz CT molecular complexity index is 1300. The molecule has 35 heavy (non-hydrogen) atoms. The number of methoxy groups -OCH3 is 2. The van der Waals surface area contributed by atoms with Crippen LogP contribution in [0.3, 0.4) is 0 Å². The molecule has 0 saturated carbocycles. The van der Waals surface area contributed by atoms with Crippen molar-refractivity contribution in [1.29, 1.82) is 0 Å². The first kappa shape index (κ1) is 24.0. The smallest absolute Gasteiger partial charge is 0.264 e. The second kappa shape index (κ2) is 10.9. The fraction of sp³-hybridized carbons (Fsp3) is 0.192. The summed E-state index contributed by atoms with van der Waals surface area (Å²) in [7, 11) is 3.14. The largest absolute Gasteiger partial charge is 0.493 e. The Morgan fingerprint density at radius 2 is 1.80 bits per heavy atom. The van der Waals surface area contributed by atoms with E-state index in [9.17, 15) is 9.59 Å². The number of benzene rings is 2. The zero-order valence-electron chi connectivity index (χ0n) is 19.7. The summed E-state index contributed by atoms with van der Waals surface area (Å²) in [5.41, 5.74) is 2.33. The van der Waals surface area contributed by atoms with Gasteiger partial charge in [0.1, 0.15) is 6.54 Å². The second-order valence-electron chi connectivity index (χ2n) is 7.57. The molecule has 0 bridgehead atoms. The Kier molecular flexibility index (Phi) is 7.47. The van der Waals surface area contributed by atoms with Gasteiger partial charge in [0.2, 0.25) is 11.9 Å². The zero-order valence-corrected chi connectivity index (χ0v) is 20.5. The van der Waals surface area contributed by atoms with Gasteiger partial charge in [-0.1, -0.05) is 36.4 Å². The Hall–Kier alpha value is -4.11. The molecule has 0 spiro atoms. The van der Waals surface area contributed by atoms with Gasteiger partial charge < -0.3 is 14.4 Å². The number of nitrogens with zero attached hydrogens (tertiary/aromatic N) is 3. The number of carbonyl (C=O) groups excluding carboxylic acids is 2. The maximum Gasteiger partial charge on any atom is 0.264 e. The highest BCUT2D eigenvalue weighted by Gasteiger charge is 2.20. The first-order chi connectivity index (χ1) is 17.0. The number of hydrogen-bond acceptors (Lipinski definition) is 6. The minimum Gasteiger partial charge on any atom is -0.493 e. The summed E-state index contributed by atoms with van der Waals surface area (Å²) in [6.45, 7) is 2.16. The molecule has 0 fully saturated rings. The number of amides is 2. The lowest BCUT2D eigenvalue weighted by Gasteiger charge is -2.19. The first-order valence-corrected chi connectivity index (χ1v) is 11.9. The van der Waals surface area contributed by atoms with Gasteiger partial charge in [0.15, 0.2) is 11.5 Å². The van der Waals surface area contributed by atoms with Crippen LogP contribution < -0.4 is 14.8 Å². The lowest BCUT2D eigenvalue weighted by Crippen LogP contribution is -2.37. The van der Waals surface area contributed by atoms with E-state index in [0.717, 1.165) is 11.3 Å². The van der Waals surface area contributed by atoms with Gasteiger partial charge in [0, 0.05) is 24.4 Å². The Morgan fingerprint density at radius 3 is 2.46 bits per heavy atom. The Labute approximate surface area is 207 Å². The monoisotopic (exact) mass is 490 g/mol. The molecule has 1 N–H and O–H groups in total. The van der Waals surface area contributed by atoms with Gasteiger partial charge >= 0.3 is 0 Å². The fourth-order valence-electron chi connectivity index (χ4n) is 3.61. The molecule has 2 amide bonds. The van der Waals surface area contributed by atoms with E-state index < -0.39 is 0 Å². The number of likely N-dealkylation sites (N-methyl/N-ethyl adjacent to an activating group) is 1. The Balaban J connectivity index is 1.65. The predicted molar refractivity (Wildman–Crippen MR) is 137 cm³/mol. The van der Waals surface area contributed by atoms with Crippen molar-refractivity contribution in [3.8, 4) is 28.4 Å². The van der Waals surface area contributed by atoms with Crippen molar-refractivity contribution in [2.45, 2.75) is 6.92 Å². The van der Waals surface area contributed by atoms with Gasteiger partial charge in [0.25, 0.3) is 5.91 Å². The molecule has 0 aliphatic heterocycles. The van der Waals surface area contributed by atoms with E-state index in [1.807, 2.05) is 67.0 Å². The minimum atomic E-state index is -0.344. The number of hydrogen-bond donors (Lipinski definition) is 1. The number of ether oxygens (including phenoxy) is 2. The summed E-state index contributed by atoms with van der Waals surface area (Å²) in [4.78, 5) is 32.5. The van der Waals surface area contributed by atoms with Crippen LogP contribution in [0.15, 0.2) is 72.2 Å². The summed E-state index contributed by atoms with van der Waals surface area (Å²) >= 11 is 1.35. The molecular formula is C26H26N4O4S. The number of aromatic nitrogens is 2. The van der Waals surface area contributed by atoms with Gasteiger partial charge in [-0.25, -0.2) is 4.98 Å². The quantitative estimate of drug-likeness (QED) is 0.367. The first-order valence-electron chi connectivity index (χ1n) is 11.0. The van der Waals surface area contributed by atoms with E-state index in [4.69, 9.17) is 9.47 Å². The number of anilines is 1. The van der Waals surface area contributed by atoms with Crippen LogP contribution in [0, 0.1) is 0 Å². The van der Waals surface area contributed by atoms with Crippen LogP contribution >= 0.6 is 11.3 Å². The van der Waals surface area contributed by atoms with Crippen LogP contribution in [0.1, 0.15) is 16.6 Å². The molecule has 2 aromatic heterocycles. The molecule has 8 nitrogen and oxygen atoms in total. The average molecular weight is 491 g/mol. The average Bonchev–Trinajstić information content (AvgIpc) is 3.58. The van der Waals surface area contributed by atoms with Crippen LogP contribution in [0.4, 0.5) is 5.95 Å². The standard InChI is InChI=1S/C26H26N4O4S/c1-4-29(25(32)23-11-8-14-35-23)17-24(31)28-26-27-20(18-9-6-5-7-10-18)16-30(26)19-12-13-21(33-2)22(15-19)34-3/h5-16H,4,17H2,1-3H3,(H,27,28,31). The van der Waals surface area contributed by atoms with E-state index in [-0.39, 0.29) is 18.4 Å². The lowest BCUT2D eigenvalue weighted by atomic mass is 10.2. The lowest BCUT2D eigenvalue weighted by molar-refractivity contribution is -0.116. The highest BCUT2D eigenvalue weighted by molar-refractivity contribution is 7.12. The highest BCUT2D eigenvalue weighted by Crippen LogP contribution is 2.31. The summed E-state index contributed by atoms with van der Waals surface area (Å²) in [5.74, 6) is 0.960. The third-order valence-corrected chi connectivity index (χ3v) is 6.27. The van der Waals surface area contributed by atoms with Crippen LogP contribution in [0.2, 0.25) is 0 Å². The molecule has 0 aliphatic carbocycles. The minimum absolute atomic E-state index is 0.0906. The second-order valence-corrected chi connectivity index (χ2v) is 8.52. The van der Waals surface area contributed by atoms with Gasteiger partial charge in [-0.3, -0.25) is 19.5 Å². The molecule has 9 heteroatoms. The van der Waals surface area contributed by atoms with E-state index in [2.05, 4.69) is 10.3 Å². The summed E-state index contributed by atoms with van der Waals surface area (Å²) in [6.07, 6.45) is 1.85. The number of thiophene rings is 1. The van der Waals surface area contributed by atoms with Crippen molar-refractivity contribution >= 4 is 29.1 Å². The normalized spacial score (nSPS) is 10.6. The molecule has 180 valence electrons. The maximum atomic E-state index is 13.0. The topological polar surface area (TPSA) is 85.7 Å². The SMILES string of the molecule is CCN(CC(=O)Nc1nc(-c2ccccc2)cn1-c1ccc(OC)c(OC)c1)C(=O)c1cccs1. The van der Waals surface area contributed by atoms with Gasteiger partial charge in [0.05, 0.1) is 30.5 Å². The maximum absolute atomic E-state index is 13.0. The van der Waals surface area contributed by atoms with E-state index in [1.54, 1.807) is 30.9 Å². The molecule has 0 aliphatic rings. The molecule has 2 aromatic carbocycles. The highest BCUT2D eigenvalue weighted by atomic mass is 32.1. The van der Waals surface area contributed by atoms with Crippen LogP contribution in [-0.4, -0.2) is 53.6 Å². The molecule has 4 aromatic rings. The van der Waals surface area contributed by atoms with E-state index in [0.29, 0.717) is 34.6 Å². The van der Waals surface area contributed by atoms with Crippen molar-refractivity contribution in [2.24, 2.45) is 0 Å². The van der Waals surface area contributed by atoms with Gasteiger partial charge in [-0.2, -0.15) is 0 Å². The van der Waals surface area contributed by atoms with Crippen LogP contribution in [0.25, 0.3) is 16.9 Å². The van der Waals surface area contributed by atoms with Crippen LogP contribution in [0.5, 0.6) is 11.5 Å². The molecule has 0 saturated heterocycles.